The van der Waals surface area contributed by atoms with Crippen molar-refractivity contribution in [1.29, 1.82) is 5.26 Å². The molecule has 17 heavy (non-hydrogen) atoms. The van der Waals surface area contributed by atoms with Crippen LogP contribution in [-0.2, 0) is 0 Å². The molecule has 2 unspecified atom stereocenters. The molecular formula is C11H16N4OS. The number of thioether (sulfide) groups is 1. The lowest BCUT2D eigenvalue weighted by atomic mass is 10.00. The zero-order valence-electron chi connectivity index (χ0n) is 10.2. The summed E-state index contributed by atoms with van der Waals surface area (Å²) < 4.78 is 0. The summed E-state index contributed by atoms with van der Waals surface area (Å²) in [7, 11) is 0. The van der Waals surface area contributed by atoms with Gasteiger partial charge in [-0.15, -0.1) is 0 Å². The van der Waals surface area contributed by atoms with E-state index in [0.717, 1.165) is 0 Å². The van der Waals surface area contributed by atoms with E-state index in [9.17, 15) is 4.79 Å². The van der Waals surface area contributed by atoms with Crippen LogP contribution in [0.25, 0.3) is 0 Å². The number of hydrogen-bond donors (Lipinski definition) is 2. The van der Waals surface area contributed by atoms with Gasteiger partial charge in [0.2, 0.25) is 0 Å². The third-order valence-electron chi connectivity index (χ3n) is 2.13. The molecule has 0 aromatic carbocycles. The van der Waals surface area contributed by atoms with Gasteiger partial charge in [-0.3, -0.25) is 4.79 Å². The highest BCUT2D eigenvalue weighted by molar-refractivity contribution is 7.99. The van der Waals surface area contributed by atoms with E-state index in [1.807, 2.05) is 6.92 Å². The van der Waals surface area contributed by atoms with Crippen molar-refractivity contribution in [2.75, 3.05) is 0 Å². The summed E-state index contributed by atoms with van der Waals surface area (Å²) in [4.78, 5) is 18.1. The van der Waals surface area contributed by atoms with Crippen molar-refractivity contribution in [3.63, 3.8) is 0 Å². The van der Waals surface area contributed by atoms with Crippen LogP contribution in [0.15, 0.2) is 16.0 Å². The second-order valence-electron chi connectivity index (χ2n) is 4.35. The van der Waals surface area contributed by atoms with Gasteiger partial charge >= 0.3 is 0 Å². The minimum atomic E-state index is -0.851. The molecule has 0 saturated carbocycles. The van der Waals surface area contributed by atoms with Crippen molar-refractivity contribution in [1.82, 2.24) is 9.97 Å². The Morgan fingerprint density at radius 3 is 2.94 bits per heavy atom. The van der Waals surface area contributed by atoms with Gasteiger partial charge in [-0.25, -0.2) is 4.98 Å². The smallest absolute Gasteiger partial charge is 0.251 e. The Labute approximate surface area is 104 Å². The number of nitriles is 1. The zero-order chi connectivity index (χ0) is 13.1. The maximum Gasteiger partial charge on any atom is 0.251 e. The molecule has 1 aromatic heterocycles. The first kappa shape index (κ1) is 13.7. The first-order valence-corrected chi connectivity index (χ1v) is 6.15. The highest BCUT2D eigenvalue weighted by atomic mass is 32.2. The van der Waals surface area contributed by atoms with Gasteiger partial charge in [0.1, 0.15) is 5.54 Å². The van der Waals surface area contributed by atoms with E-state index in [-0.39, 0.29) is 10.8 Å². The number of nitrogens with one attached hydrogen (secondary N) is 1. The molecule has 0 amide bonds. The van der Waals surface area contributed by atoms with Gasteiger partial charge in [-0.05, 0) is 20.3 Å². The third kappa shape index (κ3) is 4.59. The molecule has 92 valence electrons. The SMILES string of the molecule is Cc1cc(=O)[nH]c(SC(C)CC(C)(N)C#N)n1. The standard InChI is InChI=1S/C11H16N4OS/c1-7-4-9(16)15-10(14-7)17-8(2)5-11(3,13)6-12/h4,8H,5,13H2,1-3H3,(H,14,15,16). The molecule has 0 aliphatic heterocycles. The number of hydrogen-bond acceptors (Lipinski definition) is 5. The number of nitrogens with zero attached hydrogens (tertiary/aromatic N) is 2. The van der Waals surface area contributed by atoms with Crippen LogP contribution in [0.1, 0.15) is 26.0 Å². The molecule has 3 N–H and O–H groups in total. The number of aryl methyl sites for hydroxylation is 1. The molecule has 1 rings (SSSR count). The lowest BCUT2D eigenvalue weighted by molar-refractivity contribution is 0.545. The predicted octanol–water partition coefficient (Wildman–Crippen LogP) is 1.19. The normalized spacial score (nSPS) is 15.9. The Kier molecular flexibility index (Phi) is 4.32. The molecule has 5 nitrogen and oxygen atoms in total. The van der Waals surface area contributed by atoms with Crippen molar-refractivity contribution >= 4 is 11.8 Å². The maximum atomic E-state index is 11.2. The zero-order valence-corrected chi connectivity index (χ0v) is 11.0. The van der Waals surface area contributed by atoms with E-state index in [4.69, 9.17) is 11.0 Å². The Bertz CT molecular complexity index is 489. The molecule has 0 aliphatic rings. The minimum Gasteiger partial charge on any atom is -0.314 e. The Morgan fingerprint density at radius 2 is 2.41 bits per heavy atom. The minimum absolute atomic E-state index is 0.106. The second kappa shape index (κ2) is 5.34. The summed E-state index contributed by atoms with van der Waals surface area (Å²) in [6.45, 7) is 5.41. The van der Waals surface area contributed by atoms with E-state index in [1.165, 1.54) is 17.8 Å². The fraction of sp³-hybridized carbons (Fsp3) is 0.545. The van der Waals surface area contributed by atoms with Crippen molar-refractivity contribution in [3.05, 3.63) is 22.1 Å². The molecule has 0 saturated heterocycles. The molecule has 0 bridgehead atoms. The van der Waals surface area contributed by atoms with Crippen LogP contribution in [-0.4, -0.2) is 20.8 Å². The van der Waals surface area contributed by atoms with Crippen LogP contribution in [0.2, 0.25) is 0 Å². The van der Waals surface area contributed by atoms with E-state index in [0.29, 0.717) is 17.3 Å². The van der Waals surface area contributed by atoms with Crippen LogP contribution in [0.4, 0.5) is 0 Å². The Balaban J connectivity index is 2.72. The molecule has 0 spiro atoms. The van der Waals surface area contributed by atoms with Crippen molar-refractivity contribution in [2.24, 2.45) is 5.73 Å². The number of aromatic nitrogens is 2. The van der Waals surface area contributed by atoms with Crippen LogP contribution in [0.3, 0.4) is 0 Å². The first-order chi connectivity index (χ1) is 7.82. The summed E-state index contributed by atoms with van der Waals surface area (Å²) in [6.07, 6.45) is 0.534. The lowest BCUT2D eigenvalue weighted by Crippen LogP contribution is -2.36. The van der Waals surface area contributed by atoms with Gasteiger partial charge < -0.3 is 10.7 Å². The van der Waals surface area contributed by atoms with E-state index >= 15 is 0 Å². The predicted molar refractivity (Wildman–Crippen MR) is 67.7 cm³/mol. The van der Waals surface area contributed by atoms with E-state index in [1.54, 1.807) is 13.8 Å². The molecule has 0 radical (unpaired) electrons. The molecule has 6 heteroatoms. The quantitative estimate of drug-likeness (QED) is 0.620. The van der Waals surface area contributed by atoms with Crippen molar-refractivity contribution < 1.29 is 0 Å². The number of nitrogens with two attached hydrogens (primary N) is 1. The Morgan fingerprint density at radius 1 is 1.76 bits per heavy atom. The largest absolute Gasteiger partial charge is 0.314 e. The molecule has 2 atom stereocenters. The third-order valence-corrected chi connectivity index (χ3v) is 3.11. The van der Waals surface area contributed by atoms with Crippen molar-refractivity contribution in [3.8, 4) is 6.07 Å². The monoisotopic (exact) mass is 252 g/mol. The van der Waals surface area contributed by atoms with Gasteiger partial charge in [0, 0.05) is 17.0 Å². The number of aromatic amines is 1. The number of H-pyrrole nitrogens is 1. The topological polar surface area (TPSA) is 95.6 Å². The lowest BCUT2D eigenvalue weighted by Gasteiger charge is -2.19. The molecule has 1 aromatic rings. The van der Waals surface area contributed by atoms with Gasteiger partial charge in [0.05, 0.1) is 6.07 Å². The second-order valence-corrected chi connectivity index (χ2v) is 5.78. The Hall–Kier alpha value is -1.32. The summed E-state index contributed by atoms with van der Waals surface area (Å²) >= 11 is 1.42. The fourth-order valence-electron chi connectivity index (χ4n) is 1.48. The molecule has 0 aliphatic carbocycles. The van der Waals surface area contributed by atoms with Crippen LogP contribution >= 0.6 is 11.8 Å². The van der Waals surface area contributed by atoms with E-state index < -0.39 is 5.54 Å². The van der Waals surface area contributed by atoms with Crippen LogP contribution < -0.4 is 11.3 Å². The molecular weight excluding hydrogens is 236 g/mol. The van der Waals surface area contributed by atoms with Gasteiger partial charge in [-0.2, -0.15) is 5.26 Å². The van der Waals surface area contributed by atoms with Gasteiger partial charge in [-0.1, -0.05) is 18.7 Å². The highest BCUT2D eigenvalue weighted by Crippen LogP contribution is 2.24. The first-order valence-electron chi connectivity index (χ1n) is 5.27. The van der Waals surface area contributed by atoms with Gasteiger partial charge in [0.15, 0.2) is 5.16 Å². The summed E-state index contributed by atoms with van der Waals surface area (Å²) in [6, 6.07) is 3.49. The maximum absolute atomic E-state index is 11.2. The molecule has 1 heterocycles. The van der Waals surface area contributed by atoms with Crippen LogP contribution in [0.5, 0.6) is 0 Å². The summed E-state index contributed by atoms with van der Waals surface area (Å²) in [5.74, 6) is 0. The average Bonchev–Trinajstić information content (AvgIpc) is 2.14. The van der Waals surface area contributed by atoms with E-state index in [2.05, 4.69) is 16.0 Å². The van der Waals surface area contributed by atoms with Gasteiger partial charge in [0.25, 0.3) is 5.56 Å². The fourth-order valence-corrected chi connectivity index (χ4v) is 2.65. The highest BCUT2D eigenvalue weighted by Gasteiger charge is 2.22. The molecule has 0 fully saturated rings. The summed E-state index contributed by atoms with van der Waals surface area (Å²) in [5.41, 5.74) is 5.43. The van der Waals surface area contributed by atoms with Crippen LogP contribution in [0, 0.1) is 18.3 Å². The average molecular weight is 252 g/mol. The van der Waals surface area contributed by atoms with Crippen molar-refractivity contribution in [2.45, 2.75) is 43.1 Å². The number of rotatable bonds is 4. The summed E-state index contributed by atoms with van der Waals surface area (Å²) in [5, 5.41) is 9.51.